The van der Waals surface area contributed by atoms with Crippen molar-refractivity contribution in [2.75, 3.05) is 0 Å². The number of hydrogen-bond donors (Lipinski definition) is 0. The Kier molecular flexibility index (Phi) is 4.18. The highest BCUT2D eigenvalue weighted by Crippen LogP contribution is 2.28. The van der Waals surface area contributed by atoms with Crippen LogP contribution in [0.15, 0.2) is 41.8 Å². The van der Waals surface area contributed by atoms with Gasteiger partial charge in [-0.05, 0) is 40.6 Å². The minimum atomic E-state index is -0.245. The quantitative estimate of drug-likeness (QED) is 0.619. The number of fused-ring (bicyclic) bond motifs is 1. The zero-order valence-corrected chi connectivity index (χ0v) is 13.2. The molecular formula is C17H14O2S2. The number of ether oxygens (including phenoxy) is 1. The zero-order chi connectivity index (χ0) is 14.7. The smallest absolute Gasteiger partial charge is 0.302 e. The first-order chi connectivity index (χ1) is 10.2. The summed E-state index contributed by atoms with van der Waals surface area (Å²) in [6.45, 7) is 1.78. The molecule has 3 rings (SSSR count). The topological polar surface area (TPSA) is 26.3 Å². The third-order valence-electron chi connectivity index (χ3n) is 3.04. The van der Waals surface area contributed by atoms with Crippen molar-refractivity contribution in [2.45, 2.75) is 13.5 Å². The second-order valence-corrected chi connectivity index (χ2v) is 6.72. The largest absolute Gasteiger partial charge is 0.460 e. The van der Waals surface area contributed by atoms with E-state index in [0.29, 0.717) is 6.61 Å². The molecule has 0 aliphatic heterocycles. The van der Waals surface area contributed by atoms with Gasteiger partial charge < -0.3 is 4.74 Å². The summed E-state index contributed by atoms with van der Waals surface area (Å²) in [5.41, 5.74) is 1.24. The van der Waals surface area contributed by atoms with Gasteiger partial charge in [-0.15, -0.1) is 22.7 Å². The van der Waals surface area contributed by atoms with Gasteiger partial charge in [-0.3, -0.25) is 4.79 Å². The maximum atomic E-state index is 10.8. The van der Waals surface area contributed by atoms with Gasteiger partial charge in [0.15, 0.2) is 0 Å². The molecule has 0 spiro atoms. The highest BCUT2D eigenvalue weighted by atomic mass is 32.1. The second kappa shape index (κ2) is 6.24. The molecule has 0 aliphatic carbocycles. The van der Waals surface area contributed by atoms with Crippen molar-refractivity contribution in [2.24, 2.45) is 0 Å². The fourth-order valence-electron chi connectivity index (χ4n) is 2.03. The molecule has 0 aliphatic rings. The molecular weight excluding hydrogens is 300 g/mol. The number of hydrogen-bond acceptors (Lipinski definition) is 4. The summed E-state index contributed by atoms with van der Waals surface area (Å²) in [4.78, 5) is 13.0. The monoisotopic (exact) mass is 314 g/mol. The summed E-state index contributed by atoms with van der Waals surface area (Å²) in [7, 11) is 0. The molecule has 0 N–H and O–H groups in total. The maximum Gasteiger partial charge on any atom is 0.302 e. The van der Waals surface area contributed by atoms with Crippen LogP contribution in [0.25, 0.3) is 22.2 Å². The fourth-order valence-corrected chi connectivity index (χ4v) is 3.79. The number of thiophene rings is 2. The summed E-state index contributed by atoms with van der Waals surface area (Å²) in [6, 6.07) is 12.5. The number of carbonyl (C=O) groups is 1. The van der Waals surface area contributed by atoms with Crippen molar-refractivity contribution >= 4 is 50.9 Å². The lowest BCUT2D eigenvalue weighted by Crippen LogP contribution is -1.96. The Labute approximate surface area is 131 Å². The van der Waals surface area contributed by atoms with E-state index < -0.39 is 0 Å². The van der Waals surface area contributed by atoms with Crippen LogP contribution >= 0.6 is 22.7 Å². The van der Waals surface area contributed by atoms with Crippen LogP contribution in [0, 0.1) is 0 Å². The van der Waals surface area contributed by atoms with Crippen molar-refractivity contribution in [1.29, 1.82) is 0 Å². The Morgan fingerprint density at radius 3 is 2.90 bits per heavy atom. The van der Waals surface area contributed by atoms with Crippen LogP contribution in [0.2, 0.25) is 0 Å². The van der Waals surface area contributed by atoms with Crippen LogP contribution in [0.5, 0.6) is 0 Å². The first kappa shape index (κ1) is 14.0. The summed E-state index contributed by atoms with van der Waals surface area (Å²) in [5.74, 6) is -0.245. The lowest BCUT2D eigenvalue weighted by Gasteiger charge is -1.96. The van der Waals surface area contributed by atoms with Crippen molar-refractivity contribution in [3.05, 3.63) is 57.1 Å². The molecule has 0 saturated heterocycles. The third kappa shape index (κ3) is 3.40. The predicted octanol–water partition coefficient (Wildman–Crippen LogP) is 5.20. The molecule has 0 atom stereocenters. The minimum Gasteiger partial charge on any atom is -0.460 e. The van der Waals surface area contributed by atoms with Gasteiger partial charge in [0.2, 0.25) is 0 Å². The Morgan fingerprint density at radius 1 is 1.19 bits per heavy atom. The van der Waals surface area contributed by atoms with Crippen LogP contribution < -0.4 is 0 Å². The maximum absolute atomic E-state index is 10.8. The molecule has 0 fully saturated rings. The molecule has 106 valence electrons. The molecule has 2 aromatic heterocycles. The Morgan fingerprint density at radius 2 is 2.05 bits per heavy atom. The molecule has 2 nitrogen and oxygen atoms in total. The van der Waals surface area contributed by atoms with Gasteiger partial charge in [0.25, 0.3) is 0 Å². The van der Waals surface area contributed by atoms with Crippen LogP contribution in [0.3, 0.4) is 0 Å². The van der Waals surface area contributed by atoms with Gasteiger partial charge in [0, 0.05) is 21.4 Å². The van der Waals surface area contributed by atoms with E-state index in [9.17, 15) is 4.79 Å². The summed E-state index contributed by atoms with van der Waals surface area (Å²) in [5, 5.41) is 3.46. The number of carbonyl (C=O) groups excluding carboxylic acids is 1. The molecule has 3 aromatic rings. The minimum absolute atomic E-state index is 0.245. The van der Waals surface area contributed by atoms with E-state index in [1.165, 1.54) is 22.6 Å². The van der Waals surface area contributed by atoms with Crippen molar-refractivity contribution in [3.8, 4) is 0 Å². The highest BCUT2D eigenvalue weighted by molar-refractivity contribution is 7.17. The zero-order valence-electron chi connectivity index (χ0n) is 11.5. The molecule has 4 heteroatoms. The van der Waals surface area contributed by atoms with Crippen LogP contribution in [-0.4, -0.2) is 5.97 Å². The average Bonchev–Trinajstić information content (AvgIpc) is 3.10. The predicted molar refractivity (Wildman–Crippen MR) is 90.5 cm³/mol. The Hall–Kier alpha value is -1.91. The van der Waals surface area contributed by atoms with Crippen molar-refractivity contribution in [1.82, 2.24) is 0 Å². The number of rotatable bonds is 4. The SMILES string of the molecule is CC(=O)OCc1ccc(C=Cc2csc3ccccc23)s1. The lowest BCUT2D eigenvalue weighted by atomic mass is 10.1. The molecule has 1 aromatic carbocycles. The van der Waals surface area contributed by atoms with E-state index in [-0.39, 0.29) is 5.97 Å². The normalized spacial score (nSPS) is 11.3. The first-order valence-electron chi connectivity index (χ1n) is 6.59. The molecule has 0 saturated carbocycles. The van der Waals surface area contributed by atoms with E-state index in [1.807, 2.05) is 6.07 Å². The van der Waals surface area contributed by atoms with E-state index in [0.717, 1.165) is 9.75 Å². The van der Waals surface area contributed by atoms with Crippen LogP contribution in [-0.2, 0) is 16.1 Å². The van der Waals surface area contributed by atoms with Gasteiger partial charge in [-0.1, -0.05) is 24.3 Å². The lowest BCUT2D eigenvalue weighted by molar-refractivity contribution is -0.142. The molecule has 0 bridgehead atoms. The van der Waals surface area contributed by atoms with Gasteiger partial charge in [0.1, 0.15) is 6.61 Å². The molecule has 0 unspecified atom stereocenters. The van der Waals surface area contributed by atoms with E-state index >= 15 is 0 Å². The van der Waals surface area contributed by atoms with Crippen molar-refractivity contribution in [3.63, 3.8) is 0 Å². The van der Waals surface area contributed by atoms with E-state index in [2.05, 4.69) is 47.9 Å². The van der Waals surface area contributed by atoms with E-state index in [4.69, 9.17) is 4.74 Å². The fraction of sp³-hybridized carbons (Fsp3) is 0.118. The van der Waals surface area contributed by atoms with Crippen molar-refractivity contribution < 1.29 is 9.53 Å². The van der Waals surface area contributed by atoms with Crippen LogP contribution in [0.1, 0.15) is 22.2 Å². The number of benzene rings is 1. The average molecular weight is 314 g/mol. The molecule has 2 heterocycles. The molecule has 21 heavy (non-hydrogen) atoms. The van der Waals surface area contributed by atoms with Gasteiger partial charge in [-0.2, -0.15) is 0 Å². The number of esters is 1. The Bertz CT molecular complexity index is 796. The molecule has 0 radical (unpaired) electrons. The van der Waals surface area contributed by atoms with Gasteiger partial charge >= 0.3 is 5.97 Å². The second-order valence-electron chi connectivity index (χ2n) is 4.60. The summed E-state index contributed by atoms with van der Waals surface area (Å²) in [6.07, 6.45) is 4.25. The summed E-state index contributed by atoms with van der Waals surface area (Å²) < 4.78 is 6.30. The van der Waals surface area contributed by atoms with E-state index in [1.54, 1.807) is 22.7 Å². The van der Waals surface area contributed by atoms with Gasteiger partial charge in [-0.25, -0.2) is 0 Å². The summed E-state index contributed by atoms with van der Waals surface area (Å²) >= 11 is 3.40. The first-order valence-corrected chi connectivity index (χ1v) is 8.28. The Balaban J connectivity index is 1.75. The highest BCUT2D eigenvalue weighted by Gasteiger charge is 2.02. The molecule has 0 amide bonds. The van der Waals surface area contributed by atoms with Crippen LogP contribution in [0.4, 0.5) is 0 Å². The van der Waals surface area contributed by atoms with Gasteiger partial charge in [0.05, 0.1) is 0 Å². The standard InChI is InChI=1S/C17H14O2S2/c1-12(18)19-10-15-9-8-14(21-15)7-6-13-11-20-17-5-3-2-4-16(13)17/h2-9,11H,10H2,1H3. The third-order valence-corrected chi connectivity index (χ3v) is 5.04.